The molecular weight excluding hydrogens is 777 g/mol. The van der Waals surface area contributed by atoms with Crippen LogP contribution in [-0.4, -0.2) is 0 Å². The van der Waals surface area contributed by atoms with Gasteiger partial charge in [-0.3, -0.25) is 0 Å². The van der Waals surface area contributed by atoms with Crippen LogP contribution in [0.5, 0.6) is 0 Å². The Balaban J connectivity index is 1.18. The van der Waals surface area contributed by atoms with Gasteiger partial charge >= 0.3 is 0 Å². The van der Waals surface area contributed by atoms with E-state index in [4.69, 9.17) is 0 Å². The molecular formula is C56H40F4N2. The maximum Gasteiger partial charge on any atom is 0.148 e. The van der Waals surface area contributed by atoms with E-state index in [9.17, 15) is 0 Å². The van der Waals surface area contributed by atoms with Gasteiger partial charge in [0.05, 0.1) is 22.7 Å². The summed E-state index contributed by atoms with van der Waals surface area (Å²) in [5.41, 5.74) is 8.17. The second-order valence-electron chi connectivity index (χ2n) is 16.1. The Kier molecular flexibility index (Phi) is 9.52. The van der Waals surface area contributed by atoms with Gasteiger partial charge in [0, 0.05) is 45.4 Å². The molecule has 6 heteroatoms. The standard InChI is InChI=1S/C56H40F4N2/c1-33-15-21-41(35(3)27-33)45-29-49(59)53(31-47(45)57)61(39-11-7-5-8-12-39)51-25-19-37-18-24-44-52(26-20-38-17-23-43(51)55(37)56(38)44)62(40-13-9-6-10-14-40)54-32-48(58)46(30-50(54)60)42-22-16-34(2)28-36(42)4/h5-32H,1-4H3. The normalized spacial score (nSPS) is 11.5. The van der Waals surface area contributed by atoms with Gasteiger partial charge in [-0.15, -0.1) is 0 Å². The van der Waals surface area contributed by atoms with E-state index >= 15 is 17.6 Å². The van der Waals surface area contributed by atoms with Crippen molar-refractivity contribution >= 4 is 66.4 Å². The lowest BCUT2D eigenvalue weighted by Crippen LogP contribution is -2.14. The summed E-state index contributed by atoms with van der Waals surface area (Å²) in [7, 11) is 0. The lowest BCUT2D eigenvalue weighted by atomic mass is 9.91. The van der Waals surface area contributed by atoms with Gasteiger partial charge in [-0.05, 0) is 120 Å². The van der Waals surface area contributed by atoms with E-state index in [1.54, 1.807) is 9.80 Å². The number of rotatable bonds is 8. The van der Waals surface area contributed by atoms with Crippen molar-refractivity contribution in [1.82, 2.24) is 0 Å². The van der Waals surface area contributed by atoms with Gasteiger partial charge in [-0.1, -0.05) is 120 Å². The highest BCUT2D eigenvalue weighted by Gasteiger charge is 2.26. The summed E-state index contributed by atoms with van der Waals surface area (Å²) in [4.78, 5) is 3.53. The molecule has 10 rings (SSSR count). The molecule has 0 aliphatic rings. The van der Waals surface area contributed by atoms with Crippen LogP contribution in [0.25, 0.3) is 54.6 Å². The van der Waals surface area contributed by atoms with E-state index in [0.717, 1.165) is 54.6 Å². The molecule has 0 bridgehead atoms. The molecule has 0 atom stereocenters. The highest BCUT2D eigenvalue weighted by atomic mass is 19.1. The number of hydrogen-bond acceptors (Lipinski definition) is 2. The van der Waals surface area contributed by atoms with Gasteiger partial charge < -0.3 is 9.80 Å². The van der Waals surface area contributed by atoms with Crippen molar-refractivity contribution in [3.63, 3.8) is 0 Å². The average Bonchev–Trinajstić information content (AvgIpc) is 3.27. The van der Waals surface area contributed by atoms with Crippen LogP contribution in [0.4, 0.5) is 51.7 Å². The van der Waals surface area contributed by atoms with Crippen molar-refractivity contribution in [3.05, 3.63) is 215 Å². The van der Waals surface area contributed by atoms with Crippen LogP contribution in [0, 0.1) is 51.0 Å². The Bertz CT molecular complexity index is 3120. The zero-order valence-electron chi connectivity index (χ0n) is 34.6. The zero-order valence-corrected chi connectivity index (χ0v) is 34.6. The first kappa shape index (κ1) is 38.7. The number of hydrogen-bond donors (Lipinski definition) is 0. The van der Waals surface area contributed by atoms with Crippen molar-refractivity contribution in [2.45, 2.75) is 27.7 Å². The number of aryl methyl sites for hydroxylation is 4. The lowest BCUT2D eigenvalue weighted by Gasteiger charge is -2.30. The third-order valence-corrected chi connectivity index (χ3v) is 12.0. The third-order valence-electron chi connectivity index (χ3n) is 12.0. The third kappa shape index (κ3) is 6.51. The molecule has 10 aromatic carbocycles. The molecule has 0 saturated carbocycles. The molecule has 0 fully saturated rings. The fourth-order valence-corrected chi connectivity index (χ4v) is 9.19. The summed E-state index contributed by atoms with van der Waals surface area (Å²) in [5.74, 6) is -2.23. The number of anilines is 6. The van der Waals surface area contributed by atoms with Crippen LogP contribution in [0.15, 0.2) is 170 Å². The molecule has 62 heavy (non-hydrogen) atoms. The van der Waals surface area contributed by atoms with Crippen molar-refractivity contribution < 1.29 is 17.6 Å². The maximum atomic E-state index is 16.8. The predicted molar refractivity (Wildman–Crippen MR) is 249 cm³/mol. The summed E-state index contributed by atoms with van der Waals surface area (Å²) in [6.45, 7) is 7.74. The van der Waals surface area contributed by atoms with Gasteiger partial charge in [0.25, 0.3) is 0 Å². The maximum absolute atomic E-state index is 16.8. The molecule has 0 heterocycles. The van der Waals surface area contributed by atoms with Gasteiger partial charge in [0.2, 0.25) is 0 Å². The summed E-state index contributed by atoms with van der Waals surface area (Å²) in [5, 5.41) is 5.29. The van der Waals surface area contributed by atoms with Gasteiger partial charge in [-0.2, -0.15) is 0 Å². The molecule has 0 aromatic heterocycles. The van der Waals surface area contributed by atoms with E-state index in [1.165, 1.54) is 24.3 Å². The topological polar surface area (TPSA) is 6.48 Å². The first-order valence-electron chi connectivity index (χ1n) is 20.6. The minimum atomic E-state index is -0.575. The summed E-state index contributed by atoms with van der Waals surface area (Å²) >= 11 is 0. The number of nitrogens with zero attached hydrogens (tertiary/aromatic N) is 2. The van der Waals surface area contributed by atoms with Crippen molar-refractivity contribution in [3.8, 4) is 22.3 Å². The van der Waals surface area contributed by atoms with Crippen LogP contribution in [-0.2, 0) is 0 Å². The second-order valence-corrected chi connectivity index (χ2v) is 16.1. The van der Waals surface area contributed by atoms with Crippen LogP contribution in [0.2, 0.25) is 0 Å². The first-order chi connectivity index (χ1) is 30.0. The SMILES string of the molecule is Cc1ccc(-c2cc(F)c(N(c3ccccc3)c3ccc4ccc5c(N(c6ccccc6)c6cc(F)c(-c7ccc(C)cc7C)cc6F)ccc6ccc3c4c65)cc2F)c(C)c1. The van der Waals surface area contributed by atoms with E-state index in [1.807, 2.05) is 173 Å². The van der Waals surface area contributed by atoms with Gasteiger partial charge in [0.1, 0.15) is 23.3 Å². The second kappa shape index (κ2) is 15.2. The largest absolute Gasteiger partial charge is 0.307 e. The molecule has 302 valence electrons. The Morgan fingerprint density at radius 3 is 1.10 bits per heavy atom. The van der Waals surface area contributed by atoms with Crippen molar-refractivity contribution in [2.24, 2.45) is 0 Å². The highest BCUT2D eigenvalue weighted by molar-refractivity contribution is 6.28. The quantitative estimate of drug-likeness (QED) is 0.111. The van der Waals surface area contributed by atoms with Gasteiger partial charge in [0.15, 0.2) is 0 Å². The smallest absolute Gasteiger partial charge is 0.148 e. The zero-order chi connectivity index (χ0) is 42.8. The first-order valence-corrected chi connectivity index (χ1v) is 20.6. The number of benzene rings is 10. The van der Waals surface area contributed by atoms with E-state index in [-0.39, 0.29) is 22.5 Å². The number of halogens is 4. The molecule has 0 aliphatic carbocycles. The molecule has 0 unspecified atom stereocenters. The predicted octanol–water partition coefficient (Wildman–Crippen LogP) is 16.6. The molecule has 0 spiro atoms. The fraction of sp³-hybridized carbons (Fsp3) is 0.0714. The summed E-state index contributed by atoms with van der Waals surface area (Å²) in [6.07, 6.45) is 0. The minimum Gasteiger partial charge on any atom is -0.307 e. The monoisotopic (exact) mass is 816 g/mol. The van der Waals surface area contributed by atoms with E-state index in [0.29, 0.717) is 33.9 Å². The average molecular weight is 817 g/mol. The lowest BCUT2D eigenvalue weighted by molar-refractivity contribution is 0.604. The minimum absolute atomic E-state index is 0.0648. The molecule has 0 amide bonds. The van der Waals surface area contributed by atoms with Crippen LogP contribution < -0.4 is 9.80 Å². The van der Waals surface area contributed by atoms with E-state index < -0.39 is 23.3 Å². The molecule has 10 aromatic rings. The van der Waals surface area contributed by atoms with E-state index in [2.05, 4.69) is 0 Å². The summed E-state index contributed by atoms with van der Waals surface area (Å²) < 4.78 is 66.3. The molecule has 0 saturated heterocycles. The number of para-hydroxylation sites is 2. The molecule has 2 nitrogen and oxygen atoms in total. The van der Waals surface area contributed by atoms with Crippen LogP contribution in [0.1, 0.15) is 22.3 Å². The van der Waals surface area contributed by atoms with Crippen molar-refractivity contribution in [1.29, 1.82) is 0 Å². The van der Waals surface area contributed by atoms with Crippen LogP contribution in [0.3, 0.4) is 0 Å². The van der Waals surface area contributed by atoms with Gasteiger partial charge in [-0.25, -0.2) is 17.6 Å². The molecule has 0 N–H and O–H groups in total. The van der Waals surface area contributed by atoms with Crippen molar-refractivity contribution in [2.75, 3.05) is 9.80 Å². The fourth-order valence-electron chi connectivity index (χ4n) is 9.19. The Morgan fingerprint density at radius 1 is 0.323 bits per heavy atom. The Labute approximate surface area is 357 Å². The molecule has 0 aliphatic heterocycles. The highest BCUT2D eigenvalue weighted by Crippen LogP contribution is 2.49. The Morgan fingerprint density at radius 2 is 0.710 bits per heavy atom. The Hall–Kier alpha value is -7.44. The molecule has 0 radical (unpaired) electrons. The van der Waals surface area contributed by atoms with Crippen LogP contribution >= 0.6 is 0 Å². The summed E-state index contributed by atoms with van der Waals surface area (Å²) in [6, 6.07) is 51.2.